The zero-order valence-corrected chi connectivity index (χ0v) is 13.9. The summed E-state index contributed by atoms with van der Waals surface area (Å²) in [6, 6.07) is 11.6. The largest absolute Gasteiger partial charge is 0.215 e. The van der Waals surface area contributed by atoms with Gasteiger partial charge in [-0.3, -0.25) is 0 Å². The highest BCUT2D eigenvalue weighted by atomic mass is 79.9. The van der Waals surface area contributed by atoms with E-state index in [1.54, 1.807) is 0 Å². The standard InChI is InChI=1S/C14H7BrCl2N2S/c15-9-6-7-20-11(9)14-18-12(16)10(13(17)19-14)8-4-2-1-3-5-8/h1-7H. The van der Waals surface area contributed by atoms with Gasteiger partial charge in [-0.25, -0.2) is 9.97 Å². The van der Waals surface area contributed by atoms with E-state index < -0.39 is 0 Å². The molecule has 6 heteroatoms. The second-order valence-corrected chi connectivity index (χ2v) is 6.45. The van der Waals surface area contributed by atoms with Crippen LogP contribution in [0.3, 0.4) is 0 Å². The van der Waals surface area contributed by atoms with Crippen molar-refractivity contribution in [3.63, 3.8) is 0 Å². The van der Waals surface area contributed by atoms with Gasteiger partial charge in [-0.15, -0.1) is 11.3 Å². The van der Waals surface area contributed by atoms with Crippen LogP contribution in [0.5, 0.6) is 0 Å². The molecule has 100 valence electrons. The second kappa shape index (κ2) is 5.82. The molecule has 0 unspecified atom stereocenters. The molecule has 0 saturated carbocycles. The number of hydrogen-bond donors (Lipinski definition) is 0. The van der Waals surface area contributed by atoms with E-state index in [2.05, 4.69) is 25.9 Å². The van der Waals surface area contributed by atoms with Crippen LogP contribution < -0.4 is 0 Å². The summed E-state index contributed by atoms with van der Waals surface area (Å²) in [4.78, 5) is 9.64. The van der Waals surface area contributed by atoms with E-state index in [-0.39, 0.29) is 0 Å². The van der Waals surface area contributed by atoms with Crippen LogP contribution in [0, 0.1) is 0 Å². The highest BCUT2D eigenvalue weighted by molar-refractivity contribution is 9.10. The van der Waals surface area contributed by atoms with Crippen molar-refractivity contribution < 1.29 is 0 Å². The van der Waals surface area contributed by atoms with E-state index in [0.29, 0.717) is 21.7 Å². The summed E-state index contributed by atoms with van der Waals surface area (Å²) in [6.45, 7) is 0. The lowest BCUT2D eigenvalue weighted by molar-refractivity contribution is 1.19. The average Bonchev–Trinajstić information content (AvgIpc) is 2.85. The van der Waals surface area contributed by atoms with Gasteiger partial charge in [0.2, 0.25) is 0 Å². The topological polar surface area (TPSA) is 25.8 Å². The summed E-state index contributed by atoms with van der Waals surface area (Å²) >= 11 is 17.6. The Morgan fingerprint density at radius 2 is 1.60 bits per heavy atom. The fourth-order valence-electron chi connectivity index (χ4n) is 1.81. The molecule has 0 amide bonds. The van der Waals surface area contributed by atoms with Crippen LogP contribution >= 0.6 is 50.5 Å². The Kier molecular flexibility index (Phi) is 4.08. The quantitative estimate of drug-likeness (QED) is 0.510. The number of aromatic nitrogens is 2. The molecule has 2 heterocycles. The number of thiophene rings is 1. The molecule has 2 nitrogen and oxygen atoms in total. The van der Waals surface area contributed by atoms with Gasteiger partial charge in [0, 0.05) is 4.47 Å². The van der Waals surface area contributed by atoms with Crippen LogP contribution in [-0.4, -0.2) is 9.97 Å². The highest BCUT2D eigenvalue weighted by Gasteiger charge is 2.16. The third-order valence-corrected chi connectivity index (χ3v) is 5.08. The molecular weight excluding hydrogens is 379 g/mol. The third-order valence-electron chi connectivity index (χ3n) is 2.70. The van der Waals surface area contributed by atoms with Crippen molar-refractivity contribution in [3.05, 3.63) is 56.6 Å². The minimum absolute atomic E-state index is 0.353. The van der Waals surface area contributed by atoms with Gasteiger partial charge in [0.05, 0.1) is 10.4 Å². The van der Waals surface area contributed by atoms with E-state index >= 15 is 0 Å². The summed E-state index contributed by atoms with van der Waals surface area (Å²) in [6.07, 6.45) is 0. The first-order chi connectivity index (χ1) is 9.66. The van der Waals surface area contributed by atoms with Crippen LogP contribution in [0.4, 0.5) is 0 Å². The normalized spacial score (nSPS) is 10.8. The maximum Gasteiger partial charge on any atom is 0.173 e. The molecule has 3 aromatic rings. The maximum absolute atomic E-state index is 6.29. The Balaban J connectivity index is 2.15. The summed E-state index contributed by atoms with van der Waals surface area (Å²) in [5.41, 5.74) is 1.56. The monoisotopic (exact) mass is 384 g/mol. The van der Waals surface area contributed by atoms with Crippen LogP contribution in [0.1, 0.15) is 0 Å². The van der Waals surface area contributed by atoms with E-state index in [1.165, 1.54) is 11.3 Å². The zero-order chi connectivity index (χ0) is 14.1. The van der Waals surface area contributed by atoms with Gasteiger partial charge < -0.3 is 0 Å². The summed E-state index contributed by atoms with van der Waals surface area (Å²) in [5.74, 6) is 0.529. The number of halogens is 3. The molecule has 3 rings (SSSR count). The van der Waals surface area contributed by atoms with Gasteiger partial charge in [0.15, 0.2) is 5.82 Å². The van der Waals surface area contributed by atoms with Crippen LogP contribution in [0.2, 0.25) is 10.3 Å². The first-order valence-corrected chi connectivity index (χ1v) is 8.11. The smallest absolute Gasteiger partial charge is 0.173 e. The molecule has 0 bridgehead atoms. The lowest BCUT2D eigenvalue weighted by atomic mass is 10.1. The van der Waals surface area contributed by atoms with Gasteiger partial charge in [0.1, 0.15) is 10.3 Å². The Labute approximate surface area is 138 Å². The van der Waals surface area contributed by atoms with Gasteiger partial charge in [0.25, 0.3) is 0 Å². The molecule has 0 atom stereocenters. The Morgan fingerprint density at radius 3 is 2.15 bits per heavy atom. The van der Waals surface area contributed by atoms with Crippen molar-refractivity contribution in [3.8, 4) is 21.8 Å². The zero-order valence-electron chi connectivity index (χ0n) is 9.98. The van der Waals surface area contributed by atoms with E-state index in [0.717, 1.165) is 14.9 Å². The highest BCUT2D eigenvalue weighted by Crippen LogP contribution is 2.37. The fraction of sp³-hybridized carbons (Fsp3) is 0. The average molecular weight is 386 g/mol. The van der Waals surface area contributed by atoms with Gasteiger partial charge in [-0.2, -0.15) is 0 Å². The Bertz CT molecular complexity index is 736. The fourth-order valence-corrected chi connectivity index (χ4v) is 3.89. The molecule has 0 aliphatic carbocycles. The molecule has 1 aromatic carbocycles. The van der Waals surface area contributed by atoms with Crippen molar-refractivity contribution in [2.75, 3.05) is 0 Å². The van der Waals surface area contributed by atoms with E-state index in [1.807, 2.05) is 41.8 Å². The van der Waals surface area contributed by atoms with Crippen LogP contribution in [-0.2, 0) is 0 Å². The first-order valence-electron chi connectivity index (χ1n) is 5.68. The first kappa shape index (κ1) is 14.0. The molecule has 0 N–H and O–H groups in total. The molecule has 0 aliphatic heterocycles. The summed E-state index contributed by atoms with van der Waals surface area (Å²) < 4.78 is 0.932. The van der Waals surface area contributed by atoms with E-state index in [9.17, 15) is 0 Å². The maximum atomic E-state index is 6.29. The van der Waals surface area contributed by atoms with E-state index in [4.69, 9.17) is 23.2 Å². The summed E-state index contributed by atoms with van der Waals surface area (Å²) in [7, 11) is 0. The molecule has 0 saturated heterocycles. The van der Waals surface area contributed by atoms with Gasteiger partial charge >= 0.3 is 0 Å². The lowest BCUT2D eigenvalue weighted by Gasteiger charge is -2.08. The molecule has 0 aliphatic rings. The number of rotatable bonds is 2. The second-order valence-electron chi connectivity index (χ2n) is 3.97. The minimum atomic E-state index is 0.353. The molecule has 0 fully saturated rings. The van der Waals surface area contributed by atoms with Gasteiger partial charge in [-0.05, 0) is 32.9 Å². The van der Waals surface area contributed by atoms with Crippen molar-refractivity contribution in [2.45, 2.75) is 0 Å². The Morgan fingerprint density at radius 1 is 0.950 bits per heavy atom. The predicted molar refractivity (Wildman–Crippen MR) is 88.5 cm³/mol. The molecule has 2 aromatic heterocycles. The minimum Gasteiger partial charge on any atom is -0.215 e. The van der Waals surface area contributed by atoms with Crippen molar-refractivity contribution in [1.29, 1.82) is 0 Å². The molecule has 20 heavy (non-hydrogen) atoms. The number of benzene rings is 1. The van der Waals surface area contributed by atoms with Crippen LogP contribution in [0.25, 0.3) is 21.8 Å². The van der Waals surface area contributed by atoms with Crippen molar-refractivity contribution >= 4 is 50.5 Å². The van der Waals surface area contributed by atoms with Crippen LogP contribution in [0.15, 0.2) is 46.3 Å². The lowest BCUT2D eigenvalue weighted by Crippen LogP contribution is -1.93. The molecule has 0 spiro atoms. The third kappa shape index (κ3) is 2.61. The summed E-state index contributed by atoms with van der Waals surface area (Å²) in [5, 5.41) is 2.66. The molecular formula is C14H7BrCl2N2S. The number of nitrogens with zero attached hydrogens (tertiary/aromatic N) is 2. The number of hydrogen-bond acceptors (Lipinski definition) is 3. The predicted octanol–water partition coefficient (Wildman–Crippen LogP) is 5.94. The SMILES string of the molecule is Clc1nc(-c2sccc2Br)nc(Cl)c1-c1ccccc1. The molecule has 0 radical (unpaired) electrons. The van der Waals surface area contributed by atoms with Crippen molar-refractivity contribution in [2.24, 2.45) is 0 Å². The Hall–Kier alpha value is -0.940. The van der Waals surface area contributed by atoms with Crippen molar-refractivity contribution in [1.82, 2.24) is 9.97 Å². The van der Waals surface area contributed by atoms with Gasteiger partial charge in [-0.1, -0.05) is 53.5 Å².